The number of hydrogen-bond donors (Lipinski definition) is 0. The van der Waals surface area contributed by atoms with Gasteiger partial charge in [0.1, 0.15) is 5.60 Å². The molecule has 0 saturated heterocycles. The topological polar surface area (TPSA) is 46.6 Å². The molecule has 4 nitrogen and oxygen atoms in total. The summed E-state index contributed by atoms with van der Waals surface area (Å²) in [5.41, 5.74) is 1.07. The summed E-state index contributed by atoms with van der Waals surface area (Å²) in [6.45, 7) is 8.02. The molecular weight excluding hydrogens is 302 g/mol. The van der Waals surface area contributed by atoms with Gasteiger partial charge in [-0.25, -0.2) is 4.79 Å². The van der Waals surface area contributed by atoms with Crippen LogP contribution in [0, 0.1) is 0 Å². The Morgan fingerprint density at radius 3 is 2.33 bits per heavy atom. The molecule has 0 atom stereocenters. The zero-order chi connectivity index (χ0) is 18.2. The lowest BCUT2D eigenvalue weighted by atomic mass is 10.0. The van der Waals surface area contributed by atoms with Crippen LogP contribution in [0.25, 0.3) is 0 Å². The van der Waals surface area contributed by atoms with Gasteiger partial charge in [0.05, 0.1) is 0 Å². The first-order valence-electron chi connectivity index (χ1n) is 8.46. The molecule has 0 heterocycles. The average Bonchev–Trinajstić information content (AvgIpc) is 2.51. The maximum Gasteiger partial charge on any atom is 0.410 e. The second kappa shape index (κ2) is 9.26. The summed E-state index contributed by atoms with van der Waals surface area (Å²) in [6, 6.07) is 9.18. The number of amides is 1. The van der Waals surface area contributed by atoms with Crippen LogP contribution in [0.1, 0.15) is 57.3 Å². The number of ether oxygens (including phenoxy) is 1. The molecule has 0 fully saturated rings. The largest absolute Gasteiger partial charge is 0.444 e. The number of likely N-dealkylation sites (N-methyl/N-ethyl adjacent to an activating group) is 1. The van der Waals surface area contributed by atoms with Gasteiger partial charge in [-0.05, 0) is 45.3 Å². The Hall–Kier alpha value is -2.10. The van der Waals surface area contributed by atoms with Crippen molar-refractivity contribution in [1.82, 2.24) is 4.90 Å². The van der Waals surface area contributed by atoms with E-state index >= 15 is 0 Å². The van der Waals surface area contributed by atoms with E-state index in [2.05, 4.69) is 6.92 Å². The summed E-state index contributed by atoms with van der Waals surface area (Å²) in [7, 11) is 1.70. The van der Waals surface area contributed by atoms with Crippen LogP contribution >= 0.6 is 0 Å². The van der Waals surface area contributed by atoms with Crippen LogP contribution in [0.15, 0.2) is 42.0 Å². The molecule has 0 unspecified atom stereocenters. The summed E-state index contributed by atoms with van der Waals surface area (Å²) < 4.78 is 5.37. The zero-order valence-electron chi connectivity index (χ0n) is 15.5. The first kappa shape index (κ1) is 19.9. The number of allylic oxidation sites excluding steroid dienone is 1. The molecular formula is C20H29NO3. The average molecular weight is 331 g/mol. The summed E-state index contributed by atoms with van der Waals surface area (Å²) in [6.07, 6.45) is 4.09. The number of nitrogens with zero attached hydrogens (tertiary/aromatic N) is 1. The lowest BCUT2D eigenvalue weighted by molar-refractivity contribution is 0.0312. The van der Waals surface area contributed by atoms with E-state index in [-0.39, 0.29) is 11.9 Å². The third-order valence-corrected chi connectivity index (χ3v) is 3.39. The molecule has 0 N–H and O–H groups in total. The van der Waals surface area contributed by atoms with E-state index < -0.39 is 5.60 Å². The maximum absolute atomic E-state index is 12.4. The van der Waals surface area contributed by atoms with Crippen molar-refractivity contribution in [3.05, 3.63) is 47.5 Å². The molecule has 0 aliphatic heterocycles. The Kier molecular flexibility index (Phi) is 7.69. The highest BCUT2D eigenvalue weighted by atomic mass is 16.6. The van der Waals surface area contributed by atoms with Crippen LogP contribution in [-0.4, -0.2) is 36.0 Å². The molecule has 0 radical (unpaired) electrons. The van der Waals surface area contributed by atoms with E-state index in [4.69, 9.17) is 4.74 Å². The molecule has 0 bridgehead atoms. The third-order valence-electron chi connectivity index (χ3n) is 3.39. The van der Waals surface area contributed by atoms with Gasteiger partial charge in [-0.15, -0.1) is 0 Å². The van der Waals surface area contributed by atoms with Gasteiger partial charge in [0.2, 0.25) is 0 Å². The van der Waals surface area contributed by atoms with Gasteiger partial charge in [0.25, 0.3) is 0 Å². The first-order chi connectivity index (χ1) is 11.2. The number of carbonyl (C=O) groups is 2. The van der Waals surface area contributed by atoms with Crippen LogP contribution in [0.3, 0.4) is 0 Å². The fraction of sp³-hybridized carbons (Fsp3) is 0.500. The normalized spacial score (nSPS) is 12.0. The summed E-state index contributed by atoms with van der Waals surface area (Å²) >= 11 is 0. The number of unbranched alkanes of at least 4 members (excludes halogenated alkanes) is 1. The molecule has 0 aliphatic rings. The van der Waals surface area contributed by atoms with Crippen molar-refractivity contribution in [2.75, 3.05) is 13.6 Å². The van der Waals surface area contributed by atoms with E-state index in [1.54, 1.807) is 25.3 Å². The minimum atomic E-state index is -0.529. The number of benzene rings is 1. The summed E-state index contributed by atoms with van der Waals surface area (Å²) in [4.78, 5) is 26.0. The zero-order valence-corrected chi connectivity index (χ0v) is 15.5. The summed E-state index contributed by atoms with van der Waals surface area (Å²) in [5, 5.41) is 0. The van der Waals surface area contributed by atoms with E-state index in [0.717, 1.165) is 24.8 Å². The van der Waals surface area contributed by atoms with Gasteiger partial charge in [-0.2, -0.15) is 0 Å². The molecule has 24 heavy (non-hydrogen) atoms. The maximum atomic E-state index is 12.4. The Morgan fingerprint density at radius 1 is 1.17 bits per heavy atom. The smallest absolute Gasteiger partial charge is 0.410 e. The van der Waals surface area contributed by atoms with Crippen molar-refractivity contribution in [3.63, 3.8) is 0 Å². The van der Waals surface area contributed by atoms with Crippen LogP contribution in [0.5, 0.6) is 0 Å². The predicted octanol–water partition coefficient (Wildman–Crippen LogP) is 4.85. The third kappa shape index (κ3) is 7.44. The van der Waals surface area contributed by atoms with Crippen molar-refractivity contribution >= 4 is 11.9 Å². The SMILES string of the molecule is CCCC/C(=C\C(=O)c1ccccc1)CN(C)C(=O)OC(C)(C)C. The van der Waals surface area contributed by atoms with Gasteiger partial charge < -0.3 is 9.64 Å². The number of ketones is 1. The van der Waals surface area contributed by atoms with Gasteiger partial charge >= 0.3 is 6.09 Å². The molecule has 132 valence electrons. The van der Waals surface area contributed by atoms with Gasteiger partial charge in [0.15, 0.2) is 5.78 Å². The molecule has 0 aromatic heterocycles. The highest BCUT2D eigenvalue weighted by Crippen LogP contribution is 2.14. The minimum absolute atomic E-state index is 0.0284. The highest BCUT2D eigenvalue weighted by Gasteiger charge is 2.20. The number of hydrogen-bond acceptors (Lipinski definition) is 3. The quantitative estimate of drug-likeness (QED) is 0.530. The van der Waals surface area contributed by atoms with Crippen LogP contribution < -0.4 is 0 Å². The van der Waals surface area contributed by atoms with Crippen molar-refractivity contribution in [2.24, 2.45) is 0 Å². The fourth-order valence-corrected chi connectivity index (χ4v) is 2.18. The monoisotopic (exact) mass is 331 g/mol. The van der Waals surface area contributed by atoms with E-state index in [1.165, 1.54) is 4.90 Å². The highest BCUT2D eigenvalue weighted by molar-refractivity contribution is 6.04. The lowest BCUT2D eigenvalue weighted by Gasteiger charge is -2.25. The summed E-state index contributed by atoms with van der Waals surface area (Å²) in [5.74, 6) is -0.0284. The Labute approximate surface area is 145 Å². The molecule has 4 heteroatoms. The van der Waals surface area contributed by atoms with Crippen molar-refractivity contribution in [1.29, 1.82) is 0 Å². The van der Waals surface area contributed by atoms with E-state index in [1.807, 2.05) is 39.0 Å². The molecule has 0 saturated carbocycles. The predicted molar refractivity (Wildman–Crippen MR) is 97.2 cm³/mol. The van der Waals surface area contributed by atoms with Crippen molar-refractivity contribution in [2.45, 2.75) is 52.6 Å². The van der Waals surface area contributed by atoms with Gasteiger partial charge in [0, 0.05) is 19.2 Å². The van der Waals surface area contributed by atoms with Crippen LogP contribution in [-0.2, 0) is 4.74 Å². The Morgan fingerprint density at radius 2 is 1.79 bits per heavy atom. The number of carbonyl (C=O) groups excluding carboxylic acids is 2. The van der Waals surface area contributed by atoms with Crippen LogP contribution in [0.4, 0.5) is 4.79 Å². The molecule has 0 spiro atoms. The first-order valence-corrected chi connectivity index (χ1v) is 8.46. The molecule has 0 aliphatic carbocycles. The van der Waals surface area contributed by atoms with E-state index in [9.17, 15) is 9.59 Å². The second-order valence-corrected chi connectivity index (χ2v) is 6.97. The lowest BCUT2D eigenvalue weighted by Crippen LogP contribution is -2.35. The second-order valence-electron chi connectivity index (χ2n) is 6.97. The van der Waals surface area contributed by atoms with Crippen LogP contribution in [0.2, 0.25) is 0 Å². The Balaban J connectivity index is 2.83. The Bertz CT molecular complexity index is 570. The fourth-order valence-electron chi connectivity index (χ4n) is 2.18. The van der Waals surface area contributed by atoms with E-state index in [0.29, 0.717) is 12.1 Å². The van der Waals surface area contributed by atoms with Crippen molar-refractivity contribution in [3.8, 4) is 0 Å². The van der Waals surface area contributed by atoms with Gasteiger partial charge in [-0.1, -0.05) is 43.7 Å². The standard InChI is InChI=1S/C20H29NO3/c1-6-7-11-16(14-18(22)17-12-9-8-10-13-17)15-21(5)19(23)24-20(2,3)4/h8-10,12-14H,6-7,11,15H2,1-5H3/b16-14+. The molecule has 1 rings (SSSR count). The number of rotatable bonds is 7. The van der Waals surface area contributed by atoms with Crippen molar-refractivity contribution < 1.29 is 14.3 Å². The minimum Gasteiger partial charge on any atom is -0.444 e. The molecule has 1 amide bonds. The molecule has 1 aromatic rings. The van der Waals surface area contributed by atoms with Gasteiger partial charge in [-0.3, -0.25) is 4.79 Å². The molecule has 1 aromatic carbocycles.